The van der Waals surface area contributed by atoms with Crippen LogP contribution in [0.2, 0.25) is 0 Å². The third-order valence-corrected chi connectivity index (χ3v) is 2.55. The topological polar surface area (TPSA) is 55.1 Å². The van der Waals surface area contributed by atoms with Crippen LogP contribution < -0.4 is 11.1 Å². The molecule has 1 saturated carbocycles. The minimum absolute atomic E-state index is 0.0518. The first-order chi connectivity index (χ1) is 6.60. The van der Waals surface area contributed by atoms with E-state index in [0.717, 1.165) is 24.1 Å². The van der Waals surface area contributed by atoms with Crippen LogP contribution in [-0.2, 0) is 10.3 Å². The predicted molar refractivity (Wildman–Crippen MR) is 55.8 cm³/mol. The number of carbonyl (C=O) groups excluding carboxylic acids is 1. The molecule has 0 spiro atoms. The second kappa shape index (κ2) is 3.10. The number of hydrogen-bond acceptors (Lipinski definition) is 2. The molecule has 3 N–H and O–H groups in total. The first-order valence-electron chi connectivity index (χ1n) is 4.77. The number of nitrogens with one attached hydrogen (secondary N) is 1. The summed E-state index contributed by atoms with van der Waals surface area (Å²) in [5, 5.41) is 2.75. The standard InChI is InChI=1S/C11H14N2O/c1-8(14)13-10-4-2-3-9(7-10)11(12)5-6-11/h2-4,7H,5-6,12H2,1H3,(H,13,14). The number of anilines is 1. The number of nitrogens with two attached hydrogens (primary N) is 1. The first kappa shape index (κ1) is 9.21. The summed E-state index contributed by atoms with van der Waals surface area (Å²) >= 11 is 0. The van der Waals surface area contributed by atoms with E-state index in [9.17, 15) is 4.79 Å². The van der Waals surface area contributed by atoms with E-state index in [-0.39, 0.29) is 11.4 Å². The van der Waals surface area contributed by atoms with Gasteiger partial charge in [-0.1, -0.05) is 12.1 Å². The van der Waals surface area contributed by atoms with Crippen molar-refractivity contribution in [3.63, 3.8) is 0 Å². The van der Waals surface area contributed by atoms with Crippen LogP contribution in [0, 0.1) is 0 Å². The summed E-state index contributed by atoms with van der Waals surface area (Å²) in [5.74, 6) is -0.0518. The normalized spacial score (nSPS) is 17.6. The van der Waals surface area contributed by atoms with Gasteiger partial charge in [-0.05, 0) is 30.5 Å². The van der Waals surface area contributed by atoms with Crippen molar-refractivity contribution in [3.05, 3.63) is 29.8 Å². The number of carbonyl (C=O) groups is 1. The summed E-state index contributed by atoms with van der Waals surface area (Å²) in [6.07, 6.45) is 2.08. The summed E-state index contributed by atoms with van der Waals surface area (Å²) in [4.78, 5) is 10.8. The lowest BCUT2D eigenvalue weighted by molar-refractivity contribution is -0.114. The Hall–Kier alpha value is -1.35. The van der Waals surface area contributed by atoms with Gasteiger partial charge in [-0.15, -0.1) is 0 Å². The SMILES string of the molecule is CC(=O)Nc1cccc(C2(N)CC2)c1. The fraction of sp³-hybridized carbons (Fsp3) is 0.364. The highest BCUT2D eigenvalue weighted by Crippen LogP contribution is 2.43. The van der Waals surface area contributed by atoms with Crippen molar-refractivity contribution in [2.45, 2.75) is 25.3 Å². The van der Waals surface area contributed by atoms with Crippen molar-refractivity contribution in [2.24, 2.45) is 5.73 Å². The Bertz CT molecular complexity index is 369. The van der Waals surface area contributed by atoms with Gasteiger partial charge in [0.2, 0.25) is 5.91 Å². The van der Waals surface area contributed by atoms with Crippen LogP contribution in [0.15, 0.2) is 24.3 Å². The van der Waals surface area contributed by atoms with Crippen LogP contribution in [-0.4, -0.2) is 5.91 Å². The van der Waals surface area contributed by atoms with Gasteiger partial charge in [0.05, 0.1) is 0 Å². The van der Waals surface area contributed by atoms with E-state index in [2.05, 4.69) is 5.32 Å². The molecule has 0 radical (unpaired) electrons. The summed E-state index contributed by atoms with van der Waals surface area (Å²) in [5.41, 5.74) is 7.86. The number of rotatable bonds is 2. The lowest BCUT2D eigenvalue weighted by atomic mass is 10.1. The van der Waals surface area contributed by atoms with E-state index in [0.29, 0.717) is 0 Å². The first-order valence-corrected chi connectivity index (χ1v) is 4.77. The molecule has 1 aromatic rings. The largest absolute Gasteiger partial charge is 0.326 e. The Morgan fingerprint density at radius 1 is 1.50 bits per heavy atom. The lowest BCUT2D eigenvalue weighted by Gasteiger charge is -2.10. The van der Waals surface area contributed by atoms with Gasteiger partial charge in [0.1, 0.15) is 0 Å². The van der Waals surface area contributed by atoms with Gasteiger partial charge in [-0.3, -0.25) is 4.79 Å². The number of hydrogen-bond donors (Lipinski definition) is 2. The summed E-state index contributed by atoms with van der Waals surface area (Å²) in [6.45, 7) is 1.50. The van der Waals surface area contributed by atoms with Crippen molar-refractivity contribution in [1.82, 2.24) is 0 Å². The van der Waals surface area contributed by atoms with E-state index >= 15 is 0 Å². The van der Waals surface area contributed by atoms with Gasteiger partial charge >= 0.3 is 0 Å². The van der Waals surface area contributed by atoms with Gasteiger partial charge < -0.3 is 11.1 Å². The highest BCUT2D eigenvalue weighted by Gasteiger charge is 2.39. The Labute approximate surface area is 83.3 Å². The highest BCUT2D eigenvalue weighted by atomic mass is 16.1. The Morgan fingerprint density at radius 3 is 2.79 bits per heavy atom. The monoisotopic (exact) mass is 190 g/mol. The van der Waals surface area contributed by atoms with Crippen LogP contribution in [0.5, 0.6) is 0 Å². The zero-order chi connectivity index (χ0) is 10.2. The average molecular weight is 190 g/mol. The van der Waals surface area contributed by atoms with Crippen molar-refractivity contribution >= 4 is 11.6 Å². The van der Waals surface area contributed by atoms with Crippen molar-refractivity contribution in [1.29, 1.82) is 0 Å². The van der Waals surface area contributed by atoms with Gasteiger partial charge in [-0.2, -0.15) is 0 Å². The van der Waals surface area contributed by atoms with Crippen LogP contribution in [0.1, 0.15) is 25.3 Å². The molecule has 0 aromatic heterocycles. The molecule has 2 rings (SSSR count). The average Bonchev–Trinajstić information content (AvgIpc) is 2.84. The Balaban J connectivity index is 2.23. The van der Waals surface area contributed by atoms with E-state index in [1.807, 2.05) is 24.3 Å². The molecule has 1 aliphatic carbocycles. The fourth-order valence-electron chi connectivity index (χ4n) is 1.53. The zero-order valence-electron chi connectivity index (χ0n) is 8.21. The quantitative estimate of drug-likeness (QED) is 0.744. The minimum Gasteiger partial charge on any atom is -0.326 e. The number of amides is 1. The maximum absolute atomic E-state index is 10.8. The van der Waals surface area contributed by atoms with Gasteiger partial charge in [0.25, 0.3) is 0 Å². The fourth-order valence-corrected chi connectivity index (χ4v) is 1.53. The molecule has 0 unspecified atom stereocenters. The van der Waals surface area contributed by atoms with Crippen molar-refractivity contribution in [3.8, 4) is 0 Å². The molecule has 1 aromatic carbocycles. The maximum Gasteiger partial charge on any atom is 0.221 e. The molecule has 0 aliphatic heterocycles. The molecule has 3 nitrogen and oxygen atoms in total. The third kappa shape index (κ3) is 1.77. The Morgan fingerprint density at radius 2 is 2.21 bits per heavy atom. The predicted octanol–water partition coefficient (Wildman–Crippen LogP) is 1.59. The third-order valence-electron chi connectivity index (χ3n) is 2.55. The second-order valence-electron chi connectivity index (χ2n) is 3.92. The van der Waals surface area contributed by atoms with E-state index in [4.69, 9.17) is 5.73 Å². The number of benzene rings is 1. The van der Waals surface area contributed by atoms with Gasteiger partial charge in [-0.25, -0.2) is 0 Å². The van der Waals surface area contributed by atoms with Crippen molar-refractivity contribution in [2.75, 3.05) is 5.32 Å². The molecule has 1 amide bonds. The molecule has 0 bridgehead atoms. The molecule has 14 heavy (non-hydrogen) atoms. The van der Waals surface area contributed by atoms with Crippen LogP contribution in [0.4, 0.5) is 5.69 Å². The molecule has 0 atom stereocenters. The van der Waals surface area contributed by atoms with E-state index < -0.39 is 0 Å². The van der Waals surface area contributed by atoms with Gasteiger partial charge in [0.15, 0.2) is 0 Å². The minimum atomic E-state index is -0.130. The van der Waals surface area contributed by atoms with Crippen LogP contribution in [0.3, 0.4) is 0 Å². The highest BCUT2D eigenvalue weighted by molar-refractivity contribution is 5.88. The zero-order valence-corrected chi connectivity index (χ0v) is 8.21. The molecule has 1 aliphatic rings. The summed E-state index contributed by atoms with van der Waals surface area (Å²) in [7, 11) is 0. The van der Waals surface area contributed by atoms with Gasteiger partial charge in [0, 0.05) is 18.2 Å². The van der Waals surface area contributed by atoms with E-state index in [1.165, 1.54) is 6.92 Å². The lowest BCUT2D eigenvalue weighted by Crippen LogP contribution is -2.19. The Kier molecular flexibility index (Phi) is 2.04. The summed E-state index contributed by atoms with van der Waals surface area (Å²) < 4.78 is 0. The maximum atomic E-state index is 10.8. The van der Waals surface area contributed by atoms with Crippen LogP contribution in [0.25, 0.3) is 0 Å². The molecule has 0 heterocycles. The van der Waals surface area contributed by atoms with Crippen molar-refractivity contribution < 1.29 is 4.79 Å². The summed E-state index contributed by atoms with van der Waals surface area (Å²) in [6, 6.07) is 7.76. The molecule has 74 valence electrons. The molecular formula is C11H14N2O. The molecule has 0 saturated heterocycles. The molecule has 1 fully saturated rings. The smallest absolute Gasteiger partial charge is 0.221 e. The van der Waals surface area contributed by atoms with E-state index in [1.54, 1.807) is 0 Å². The molecular weight excluding hydrogens is 176 g/mol. The van der Waals surface area contributed by atoms with Crippen LogP contribution >= 0.6 is 0 Å². The second-order valence-corrected chi connectivity index (χ2v) is 3.92. The molecule has 3 heteroatoms.